The van der Waals surface area contributed by atoms with E-state index in [1.807, 2.05) is 37.4 Å². The minimum atomic E-state index is -0.674. The Balaban J connectivity index is 1.53. The lowest BCUT2D eigenvalue weighted by Gasteiger charge is -2.38. The highest BCUT2D eigenvalue weighted by atomic mass is 35.5. The van der Waals surface area contributed by atoms with E-state index in [1.165, 1.54) is 4.90 Å². The molecule has 0 aliphatic heterocycles. The minimum absolute atomic E-state index is 0.0153. The van der Waals surface area contributed by atoms with Crippen LogP contribution in [0.3, 0.4) is 0 Å². The van der Waals surface area contributed by atoms with Crippen LogP contribution in [0.2, 0.25) is 5.02 Å². The maximum Gasteiger partial charge on any atom is 0.266 e. The number of fused-ring (bicyclic) bond motifs is 1. The van der Waals surface area contributed by atoms with Gasteiger partial charge in [0.25, 0.3) is 11.8 Å². The second-order valence-corrected chi connectivity index (χ2v) is 13.1. The molecule has 0 radical (unpaired) electrons. The molecule has 0 saturated heterocycles. The van der Waals surface area contributed by atoms with Crippen LogP contribution in [0.25, 0.3) is 21.2 Å². The Morgan fingerprint density at radius 3 is 2.09 bits per heavy atom. The molecule has 1 fully saturated rings. The molecule has 1 aliphatic carbocycles. The van der Waals surface area contributed by atoms with E-state index in [2.05, 4.69) is 0 Å². The Kier molecular flexibility index (Phi) is 9.80. The second kappa shape index (κ2) is 13.4. The largest absolute Gasteiger partial charge is 0.496 e. The molecule has 2 amide bonds. The Hall–Kier alpha value is -3.24. The van der Waals surface area contributed by atoms with Crippen molar-refractivity contribution in [2.45, 2.75) is 44.3 Å². The van der Waals surface area contributed by atoms with E-state index in [0.717, 1.165) is 53.0 Å². The summed E-state index contributed by atoms with van der Waals surface area (Å²) in [7, 11) is 6.81. The summed E-state index contributed by atoms with van der Waals surface area (Å²) in [6.45, 7) is 0.189. The topological polar surface area (TPSA) is 53.1 Å². The number of nitrogens with zero attached hydrogens (tertiary/aromatic N) is 3. The van der Waals surface area contributed by atoms with Crippen LogP contribution < -0.4 is 4.74 Å². The number of methoxy groups -OCH3 is 1. The molecule has 1 aromatic heterocycles. The van der Waals surface area contributed by atoms with Crippen molar-refractivity contribution in [3.05, 3.63) is 87.3 Å². The van der Waals surface area contributed by atoms with Gasteiger partial charge in [0, 0.05) is 50.9 Å². The van der Waals surface area contributed by atoms with Crippen LogP contribution in [0.4, 0.5) is 8.78 Å². The van der Waals surface area contributed by atoms with Crippen molar-refractivity contribution < 1.29 is 23.1 Å². The highest BCUT2D eigenvalue weighted by Crippen LogP contribution is 2.41. The Labute approximate surface area is 269 Å². The number of hydrogen-bond donors (Lipinski definition) is 0. The van der Waals surface area contributed by atoms with Gasteiger partial charge >= 0.3 is 0 Å². The fourth-order valence-corrected chi connectivity index (χ4v) is 7.49. The zero-order valence-electron chi connectivity index (χ0n) is 24.9. The molecule has 1 heterocycles. The number of thiophene rings is 1. The third-order valence-corrected chi connectivity index (χ3v) is 10.2. The van der Waals surface area contributed by atoms with Gasteiger partial charge in [-0.15, -0.1) is 11.3 Å². The van der Waals surface area contributed by atoms with Gasteiger partial charge in [-0.2, -0.15) is 0 Å². The molecule has 0 spiro atoms. The van der Waals surface area contributed by atoms with E-state index in [9.17, 15) is 18.4 Å². The molecule has 6 nitrogen and oxygen atoms in total. The molecule has 3 aromatic carbocycles. The summed E-state index contributed by atoms with van der Waals surface area (Å²) in [6, 6.07) is 15.2. The van der Waals surface area contributed by atoms with E-state index in [1.54, 1.807) is 42.7 Å². The summed E-state index contributed by atoms with van der Waals surface area (Å²) in [5.74, 6) is -1.18. The van der Waals surface area contributed by atoms with Crippen molar-refractivity contribution in [3.8, 4) is 16.9 Å². The highest BCUT2D eigenvalue weighted by Gasteiger charge is 2.34. The first-order chi connectivity index (χ1) is 21.0. The van der Waals surface area contributed by atoms with Crippen LogP contribution >= 0.6 is 34.7 Å². The lowest BCUT2D eigenvalue weighted by molar-refractivity contribution is 0.0589. The Bertz CT molecular complexity index is 1690. The molecule has 0 unspecified atom stereocenters. The standard InChI is InChI=1S/C33H33Cl2F2N3O3S/c1-38(2)32(41)20-7-5-19(6-8-20)21-9-16-27(43-4)22(17-21)18-40(24-12-10-23(11-13-24)39(3)35)33(42)31-29(34)28-25(36)14-15-26(37)30(28)44-31/h5-9,14-17,23-24H,10-13,18H2,1-4H3. The molecule has 5 rings (SSSR count). The first kappa shape index (κ1) is 32.2. The van der Waals surface area contributed by atoms with Crippen LogP contribution in [-0.4, -0.2) is 66.4 Å². The SMILES string of the molecule is COc1ccc(-c2ccc(C(=O)N(C)C)cc2)cc1CN(C(=O)c1sc2c(F)ccc(F)c2c1Cl)C1CCC(N(C)Cl)CC1. The van der Waals surface area contributed by atoms with Gasteiger partial charge in [0.15, 0.2) is 0 Å². The third kappa shape index (κ3) is 6.42. The molecule has 4 aromatic rings. The quantitative estimate of drug-likeness (QED) is 0.179. The normalized spacial score (nSPS) is 16.8. The lowest BCUT2D eigenvalue weighted by atomic mass is 9.89. The van der Waals surface area contributed by atoms with Gasteiger partial charge in [-0.25, -0.2) is 13.2 Å². The molecular weight excluding hydrogens is 627 g/mol. The zero-order valence-corrected chi connectivity index (χ0v) is 27.2. The number of halogens is 4. The van der Waals surface area contributed by atoms with E-state index in [4.69, 9.17) is 28.1 Å². The molecule has 1 saturated carbocycles. The molecule has 11 heteroatoms. The fraction of sp³-hybridized carbons (Fsp3) is 0.333. The predicted octanol–water partition coefficient (Wildman–Crippen LogP) is 8.25. The number of rotatable bonds is 8. The fourth-order valence-electron chi connectivity index (χ4n) is 5.79. The molecule has 232 valence electrons. The van der Waals surface area contributed by atoms with Gasteiger partial charge < -0.3 is 14.5 Å². The van der Waals surface area contributed by atoms with Crippen LogP contribution in [0, 0.1) is 11.6 Å². The van der Waals surface area contributed by atoms with Crippen molar-refractivity contribution >= 4 is 56.6 Å². The maximum absolute atomic E-state index is 14.7. The van der Waals surface area contributed by atoms with E-state index in [0.29, 0.717) is 24.2 Å². The highest BCUT2D eigenvalue weighted by molar-refractivity contribution is 7.21. The lowest BCUT2D eigenvalue weighted by Crippen LogP contribution is -2.44. The number of amides is 2. The van der Waals surface area contributed by atoms with E-state index in [-0.39, 0.29) is 44.5 Å². The molecule has 0 N–H and O–H groups in total. The van der Waals surface area contributed by atoms with Crippen LogP contribution in [0.15, 0.2) is 54.6 Å². The van der Waals surface area contributed by atoms with Crippen molar-refractivity contribution in [3.63, 3.8) is 0 Å². The Morgan fingerprint density at radius 2 is 1.50 bits per heavy atom. The molecule has 0 bridgehead atoms. The van der Waals surface area contributed by atoms with Gasteiger partial charge in [-0.1, -0.05) is 29.8 Å². The summed E-state index contributed by atoms with van der Waals surface area (Å²) in [4.78, 5) is 30.0. The van der Waals surface area contributed by atoms with Crippen molar-refractivity contribution in [1.29, 1.82) is 0 Å². The summed E-state index contributed by atoms with van der Waals surface area (Å²) in [6.07, 6.45) is 2.96. The Morgan fingerprint density at radius 1 is 0.886 bits per heavy atom. The maximum atomic E-state index is 14.7. The zero-order chi connectivity index (χ0) is 31.7. The first-order valence-electron chi connectivity index (χ1n) is 14.2. The minimum Gasteiger partial charge on any atom is -0.496 e. The number of ether oxygens (including phenoxy) is 1. The summed E-state index contributed by atoms with van der Waals surface area (Å²) < 4.78 is 36.8. The molecule has 0 atom stereocenters. The smallest absolute Gasteiger partial charge is 0.266 e. The number of benzene rings is 3. The van der Waals surface area contributed by atoms with Crippen LogP contribution in [-0.2, 0) is 6.54 Å². The van der Waals surface area contributed by atoms with Gasteiger partial charge in [0.2, 0.25) is 0 Å². The number of carbonyl (C=O) groups is 2. The summed E-state index contributed by atoms with van der Waals surface area (Å²) in [5.41, 5.74) is 3.12. The van der Waals surface area contributed by atoms with Gasteiger partial charge in [-0.3, -0.25) is 9.59 Å². The summed E-state index contributed by atoms with van der Waals surface area (Å²) >= 11 is 13.7. The third-order valence-electron chi connectivity index (χ3n) is 8.24. The van der Waals surface area contributed by atoms with Gasteiger partial charge in [-0.05, 0) is 85.0 Å². The van der Waals surface area contributed by atoms with Crippen LogP contribution in [0.1, 0.15) is 51.3 Å². The van der Waals surface area contributed by atoms with Gasteiger partial charge in [0.1, 0.15) is 22.3 Å². The second-order valence-electron chi connectivity index (χ2n) is 11.2. The van der Waals surface area contributed by atoms with Crippen molar-refractivity contribution in [2.24, 2.45) is 0 Å². The van der Waals surface area contributed by atoms with Crippen LogP contribution in [0.5, 0.6) is 5.75 Å². The molecule has 44 heavy (non-hydrogen) atoms. The molecular formula is C33H33Cl2F2N3O3S. The van der Waals surface area contributed by atoms with E-state index < -0.39 is 17.5 Å². The number of hydrogen-bond acceptors (Lipinski definition) is 5. The average molecular weight is 661 g/mol. The summed E-state index contributed by atoms with van der Waals surface area (Å²) in [5, 5.41) is -0.164. The average Bonchev–Trinajstić information content (AvgIpc) is 3.39. The monoisotopic (exact) mass is 659 g/mol. The van der Waals surface area contributed by atoms with Crippen molar-refractivity contribution in [2.75, 3.05) is 28.3 Å². The predicted molar refractivity (Wildman–Crippen MR) is 173 cm³/mol. The first-order valence-corrected chi connectivity index (χ1v) is 15.8. The number of carbonyl (C=O) groups excluding carboxylic acids is 2. The van der Waals surface area contributed by atoms with Crippen molar-refractivity contribution in [1.82, 2.24) is 14.2 Å². The van der Waals surface area contributed by atoms with Gasteiger partial charge in [0.05, 0.1) is 22.2 Å². The molecule has 1 aliphatic rings. The van der Waals surface area contributed by atoms with E-state index >= 15 is 0 Å².